The predicted octanol–water partition coefficient (Wildman–Crippen LogP) is 14.5. The second kappa shape index (κ2) is 13.6. The molecule has 10 aromatic carbocycles. The summed E-state index contributed by atoms with van der Waals surface area (Å²) in [5.41, 5.74) is 9.89. The number of hydrogen-bond donors (Lipinski definition) is 1. The smallest absolute Gasteiger partial charge is 0.137 e. The summed E-state index contributed by atoms with van der Waals surface area (Å²) < 4.78 is 0. The highest BCUT2D eigenvalue weighted by Crippen LogP contribution is 2.45. The largest absolute Gasteiger partial charge is 0.295 e. The number of para-hydroxylation sites is 2. The Kier molecular flexibility index (Phi) is 8.00. The monoisotopic (exact) mass is 700 g/mol. The fourth-order valence-electron chi connectivity index (χ4n) is 8.18. The highest BCUT2D eigenvalue weighted by atomic mass is 15.2. The molecule has 0 aromatic heterocycles. The van der Waals surface area contributed by atoms with Crippen molar-refractivity contribution in [1.82, 2.24) is 0 Å². The van der Waals surface area contributed by atoms with Crippen molar-refractivity contribution in [2.45, 2.75) is 0 Å². The summed E-state index contributed by atoms with van der Waals surface area (Å²) in [6.45, 7) is 0. The molecule has 2 nitrogen and oxygen atoms in total. The molecule has 10 aromatic rings. The third-order valence-corrected chi connectivity index (χ3v) is 10.8. The predicted molar refractivity (Wildman–Crippen MR) is 235 cm³/mol. The molecule has 2 heteroatoms. The second-order valence-corrected chi connectivity index (χ2v) is 14.1. The molecule has 0 saturated carbocycles. The van der Waals surface area contributed by atoms with Crippen LogP contribution < -0.4 is 4.90 Å². The van der Waals surface area contributed by atoms with E-state index in [0.717, 1.165) is 28.1 Å². The Morgan fingerprint density at radius 1 is 0.309 bits per heavy atom. The van der Waals surface area contributed by atoms with Crippen molar-refractivity contribution in [3.8, 4) is 33.4 Å². The van der Waals surface area contributed by atoms with Crippen molar-refractivity contribution < 1.29 is 0 Å². The molecule has 0 aliphatic carbocycles. The van der Waals surface area contributed by atoms with Crippen LogP contribution in [0.1, 0.15) is 5.56 Å². The van der Waals surface area contributed by atoms with Crippen molar-refractivity contribution in [2.75, 3.05) is 4.90 Å². The molecule has 0 heterocycles. The van der Waals surface area contributed by atoms with Crippen molar-refractivity contribution in [3.63, 3.8) is 0 Å². The van der Waals surface area contributed by atoms with Crippen LogP contribution in [0.15, 0.2) is 212 Å². The van der Waals surface area contributed by atoms with Gasteiger partial charge < -0.3 is 0 Å². The summed E-state index contributed by atoms with van der Waals surface area (Å²) in [6.07, 6.45) is 0. The third-order valence-electron chi connectivity index (χ3n) is 10.8. The number of rotatable bonds is 6. The lowest BCUT2D eigenvalue weighted by Gasteiger charge is -2.25. The van der Waals surface area contributed by atoms with Gasteiger partial charge >= 0.3 is 0 Å². The maximum absolute atomic E-state index is 9.38. The molecule has 0 radical (unpaired) electrons. The summed E-state index contributed by atoms with van der Waals surface area (Å²) in [5.74, 6) is 0.424. The second-order valence-electron chi connectivity index (χ2n) is 14.1. The lowest BCUT2D eigenvalue weighted by atomic mass is 9.84. The molecule has 0 atom stereocenters. The highest BCUT2D eigenvalue weighted by Gasteiger charge is 2.19. The molecule has 0 aliphatic rings. The molecular formula is C53H36N2. The van der Waals surface area contributed by atoms with Gasteiger partial charge in [-0.05, 0) is 119 Å². The Balaban J connectivity index is 1.15. The molecule has 0 spiro atoms. The molecule has 55 heavy (non-hydrogen) atoms. The van der Waals surface area contributed by atoms with Crippen LogP contribution in [0.4, 0.5) is 11.4 Å². The minimum atomic E-state index is 0.424. The van der Waals surface area contributed by atoms with Gasteiger partial charge in [0.1, 0.15) is 5.84 Å². The van der Waals surface area contributed by atoms with E-state index >= 15 is 0 Å². The van der Waals surface area contributed by atoms with E-state index in [0.29, 0.717) is 5.84 Å². The molecule has 0 saturated heterocycles. The van der Waals surface area contributed by atoms with Gasteiger partial charge in [0, 0.05) is 16.9 Å². The first kappa shape index (κ1) is 32.4. The molecule has 0 fully saturated rings. The quantitative estimate of drug-likeness (QED) is 0.104. The first-order chi connectivity index (χ1) is 27.2. The average Bonchev–Trinajstić information content (AvgIpc) is 3.26. The number of nitrogens with one attached hydrogen (secondary N) is 1. The number of nitrogens with zero attached hydrogens (tertiary/aromatic N) is 1. The zero-order chi connectivity index (χ0) is 36.7. The van der Waals surface area contributed by atoms with Crippen LogP contribution in [0.5, 0.6) is 0 Å². The van der Waals surface area contributed by atoms with Gasteiger partial charge in [-0.1, -0.05) is 170 Å². The first-order valence-corrected chi connectivity index (χ1v) is 18.8. The van der Waals surface area contributed by atoms with Gasteiger partial charge in [-0.3, -0.25) is 10.3 Å². The Hall–Kier alpha value is -7.29. The molecule has 0 unspecified atom stereocenters. The van der Waals surface area contributed by atoms with Gasteiger partial charge in [0.2, 0.25) is 0 Å². The van der Waals surface area contributed by atoms with Crippen LogP contribution >= 0.6 is 0 Å². The van der Waals surface area contributed by atoms with Crippen molar-refractivity contribution in [2.24, 2.45) is 0 Å². The maximum Gasteiger partial charge on any atom is 0.137 e. The summed E-state index contributed by atoms with van der Waals surface area (Å²) in [5, 5.41) is 19.2. The van der Waals surface area contributed by atoms with Crippen LogP contribution in [0.25, 0.3) is 76.5 Å². The van der Waals surface area contributed by atoms with Crippen molar-refractivity contribution in [1.29, 1.82) is 5.41 Å². The highest BCUT2D eigenvalue weighted by molar-refractivity contribution is 6.22. The Labute approximate surface area is 320 Å². The molecule has 258 valence electrons. The van der Waals surface area contributed by atoms with Gasteiger partial charge in [0.05, 0.1) is 0 Å². The average molecular weight is 701 g/mol. The van der Waals surface area contributed by atoms with Gasteiger partial charge in [-0.25, -0.2) is 0 Å². The van der Waals surface area contributed by atoms with Crippen LogP contribution in [0, 0.1) is 5.41 Å². The zero-order valence-electron chi connectivity index (χ0n) is 30.2. The maximum atomic E-state index is 9.38. The molecule has 1 N–H and O–H groups in total. The lowest BCUT2D eigenvalue weighted by Crippen LogP contribution is -2.25. The van der Waals surface area contributed by atoms with E-state index in [1.807, 2.05) is 65.6 Å². The molecular weight excluding hydrogens is 665 g/mol. The topological polar surface area (TPSA) is 27.1 Å². The summed E-state index contributed by atoms with van der Waals surface area (Å²) in [6, 6.07) is 75.5. The summed E-state index contributed by atoms with van der Waals surface area (Å²) in [4.78, 5) is 2.00. The van der Waals surface area contributed by atoms with Crippen LogP contribution in [-0.4, -0.2) is 5.84 Å². The van der Waals surface area contributed by atoms with Gasteiger partial charge in [0.25, 0.3) is 0 Å². The van der Waals surface area contributed by atoms with E-state index in [1.165, 1.54) is 65.3 Å². The van der Waals surface area contributed by atoms with Gasteiger partial charge in [-0.2, -0.15) is 0 Å². The fourth-order valence-corrected chi connectivity index (χ4v) is 8.18. The van der Waals surface area contributed by atoms with Gasteiger partial charge in [-0.15, -0.1) is 0 Å². The molecule has 0 aliphatic heterocycles. The zero-order valence-corrected chi connectivity index (χ0v) is 30.2. The van der Waals surface area contributed by atoms with E-state index < -0.39 is 0 Å². The Morgan fingerprint density at radius 2 is 0.727 bits per heavy atom. The summed E-state index contributed by atoms with van der Waals surface area (Å²) in [7, 11) is 0. The third kappa shape index (κ3) is 5.82. The number of hydrogen-bond acceptors (Lipinski definition) is 1. The van der Waals surface area contributed by atoms with E-state index in [-0.39, 0.29) is 0 Å². The van der Waals surface area contributed by atoms with Gasteiger partial charge in [0.15, 0.2) is 0 Å². The normalized spacial score (nSPS) is 11.3. The summed E-state index contributed by atoms with van der Waals surface area (Å²) >= 11 is 0. The SMILES string of the molecule is N=C(c1ccc(-c2ccc3c(-c4ccc5ccccc5c4)c4ccccc4c(-c4ccc5ccccc5c4)c3c2)cc1)N(c1ccccc1)c1ccccc1. The minimum absolute atomic E-state index is 0.424. The standard InChI is InChI=1S/C53H36N2/c54-53(55(45-17-3-1-4-18-45)46-19-5-2-6-20-46)39-27-23-38(24-28-39)42-31-32-49-50(35-42)52(44-30-26-37-14-8-10-16-41(37)34-44)48-22-12-11-21-47(48)51(49)43-29-25-36-13-7-9-15-40(36)33-43/h1-35,54H. The van der Waals surface area contributed by atoms with E-state index in [4.69, 9.17) is 0 Å². The van der Waals surface area contributed by atoms with E-state index in [1.54, 1.807) is 0 Å². The lowest BCUT2D eigenvalue weighted by molar-refractivity contribution is 1.28. The van der Waals surface area contributed by atoms with Crippen LogP contribution in [-0.2, 0) is 0 Å². The first-order valence-electron chi connectivity index (χ1n) is 18.8. The number of anilines is 2. The van der Waals surface area contributed by atoms with Crippen molar-refractivity contribution in [3.05, 3.63) is 218 Å². The van der Waals surface area contributed by atoms with Crippen LogP contribution in [0.2, 0.25) is 0 Å². The number of benzene rings is 10. The van der Waals surface area contributed by atoms with Crippen molar-refractivity contribution >= 4 is 60.3 Å². The van der Waals surface area contributed by atoms with Crippen LogP contribution in [0.3, 0.4) is 0 Å². The molecule has 10 rings (SSSR count). The fraction of sp³-hybridized carbons (Fsp3) is 0. The Bertz CT molecular complexity index is 3000. The number of amidine groups is 1. The van der Waals surface area contributed by atoms with E-state index in [9.17, 15) is 5.41 Å². The molecule has 0 bridgehead atoms. The minimum Gasteiger partial charge on any atom is -0.295 e. The van der Waals surface area contributed by atoms with E-state index in [2.05, 4.69) is 152 Å². The number of fused-ring (bicyclic) bond motifs is 4. The molecule has 0 amide bonds. The Morgan fingerprint density at radius 3 is 1.27 bits per heavy atom.